The van der Waals surface area contributed by atoms with Crippen LogP contribution in [0.15, 0.2) is 41.8 Å². The molecule has 0 aliphatic rings. The number of nitrogens with one attached hydrogen (secondary N) is 1. The molecule has 0 aliphatic heterocycles. The minimum atomic E-state index is -3.62. The van der Waals surface area contributed by atoms with E-state index in [0.29, 0.717) is 18.7 Å². The predicted octanol–water partition coefficient (Wildman–Crippen LogP) is 2.41. The summed E-state index contributed by atoms with van der Waals surface area (Å²) in [6, 6.07) is 6.12. The highest BCUT2D eigenvalue weighted by Gasteiger charge is 2.18. The van der Waals surface area contributed by atoms with Crippen LogP contribution in [-0.2, 0) is 10.0 Å². The Kier molecular flexibility index (Phi) is 7.27. The van der Waals surface area contributed by atoms with Gasteiger partial charge in [0.1, 0.15) is 0 Å². The normalized spacial score (nSPS) is 11.2. The van der Waals surface area contributed by atoms with Crippen LogP contribution in [0.5, 0.6) is 0 Å². The summed E-state index contributed by atoms with van der Waals surface area (Å²) in [5.74, 6) is -0.142. The van der Waals surface area contributed by atoms with E-state index < -0.39 is 10.0 Å². The monoisotopic (exact) mass is 324 g/mol. The highest BCUT2D eigenvalue weighted by molar-refractivity contribution is 7.89. The molecule has 0 aliphatic carbocycles. The molecular formula is C16H24N2O3S. The summed E-state index contributed by atoms with van der Waals surface area (Å²) in [5.41, 5.74) is 0.388. The zero-order chi connectivity index (χ0) is 16.6. The van der Waals surface area contributed by atoms with Crippen LogP contribution in [0.25, 0.3) is 0 Å². The van der Waals surface area contributed by atoms with Crippen LogP contribution < -0.4 is 4.72 Å². The number of carbonyl (C=O) groups excluding carboxylic acids is 1. The second-order valence-corrected chi connectivity index (χ2v) is 6.67. The number of rotatable bonds is 9. The quantitative estimate of drug-likeness (QED) is 0.709. The summed E-state index contributed by atoms with van der Waals surface area (Å²) in [4.78, 5) is 14.3. The van der Waals surface area contributed by atoms with Crippen molar-refractivity contribution in [2.45, 2.75) is 31.6 Å². The molecule has 0 saturated carbocycles. The van der Waals surface area contributed by atoms with E-state index in [1.165, 1.54) is 18.2 Å². The van der Waals surface area contributed by atoms with Crippen LogP contribution in [0.2, 0.25) is 0 Å². The molecule has 1 N–H and O–H groups in total. The largest absolute Gasteiger partial charge is 0.339 e. The second-order valence-electron chi connectivity index (χ2n) is 4.91. The maximum absolute atomic E-state index is 12.5. The van der Waals surface area contributed by atoms with E-state index in [0.717, 1.165) is 12.8 Å². The molecule has 0 aromatic heterocycles. The Morgan fingerprint density at radius 1 is 1.36 bits per heavy atom. The van der Waals surface area contributed by atoms with E-state index in [4.69, 9.17) is 0 Å². The number of amides is 1. The van der Waals surface area contributed by atoms with Gasteiger partial charge in [0.15, 0.2) is 0 Å². The molecule has 6 heteroatoms. The lowest BCUT2D eigenvalue weighted by atomic mass is 10.2. The third-order valence-corrected chi connectivity index (χ3v) is 4.68. The molecule has 0 fully saturated rings. The van der Waals surface area contributed by atoms with Gasteiger partial charge >= 0.3 is 0 Å². The van der Waals surface area contributed by atoms with Gasteiger partial charge in [-0.3, -0.25) is 4.79 Å². The van der Waals surface area contributed by atoms with Crippen LogP contribution in [0.1, 0.15) is 37.0 Å². The van der Waals surface area contributed by atoms with Gasteiger partial charge < -0.3 is 4.90 Å². The third-order valence-electron chi connectivity index (χ3n) is 3.26. The molecule has 1 aromatic carbocycles. The summed E-state index contributed by atoms with van der Waals surface area (Å²) >= 11 is 0. The van der Waals surface area contributed by atoms with Gasteiger partial charge in [0.25, 0.3) is 5.91 Å². The maximum Gasteiger partial charge on any atom is 0.253 e. The molecule has 0 unspecified atom stereocenters. The van der Waals surface area contributed by atoms with Crippen LogP contribution in [-0.4, -0.2) is 38.9 Å². The minimum Gasteiger partial charge on any atom is -0.339 e. The van der Waals surface area contributed by atoms with Gasteiger partial charge in [0.2, 0.25) is 10.0 Å². The second kappa shape index (κ2) is 8.70. The fourth-order valence-corrected chi connectivity index (χ4v) is 3.03. The van der Waals surface area contributed by atoms with Crippen molar-refractivity contribution >= 4 is 15.9 Å². The highest BCUT2D eigenvalue weighted by atomic mass is 32.2. The Bertz CT molecular complexity index is 612. The standard InChI is InChI=1S/C16H24N2O3S/c1-4-7-12-18(6-3)16(19)14-9-8-10-15(13-14)22(20,21)17-11-5-2/h5,8-10,13,17H,2,4,6-7,11-12H2,1,3H3. The molecule has 1 amide bonds. The van der Waals surface area contributed by atoms with Crippen LogP contribution >= 0.6 is 0 Å². The van der Waals surface area contributed by atoms with Crippen molar-refractivity contribution in [3.8, 4) is 0 Å². The molecule has 0 saturated heterocycles. The Labute approximate surface area is 133 Å². The SMILES string of the molecule is C=CCNS(=O)(=O)c1cccc(C(=O)N(CC)CCCC)c1. The lowest BCUT2D eigenvalue weighted by molar-refractivity contribution is 0.0762. The third kappa shape index (κ3) is 4.96. The molecule has 5 nitrogen and oxygen atoms in total. The molecule has 0 radical (unpaired) electrons. The Balaban J connectivity index is 3.00. The van der Waals surface area contributed by atoms with Crippen molar-refractivity contribution in [2.75, 3.05) is 19.6 Å². The lowest BCUT2D eigenvalue weighted by Gasteiger charge is -2.21. The average Bonchev–Trinajstić information content (AvgIpc) is 2.53. The summed E-state index contributed by atoms with van der Waals surface area (Å²) in [6.07, 6.45) is 3.40. The Morgan fingerprint density at radius 3 is 2.68 bits per heavy atom. The number of sulfonamides is 1. The summed E-state index contributed by atoms with van der Waals surface area (Å²) in [5, 5.41) is 0. The van der Waals surface area contributed by atoms with Crippen LogP contribution in [0.3, 0.4) is 0 Å². The van der Waals surface area contributed by atoms with Gasteiger partial charge in [-0.05, 0) is 31.5 Å². The van der Waals surface area contributed by atoms with Crippen molar-refractivity contribution in [2.24, 2.45) is 0 Å². The smallest absolute Gasteiger partial charge is 0.253 e. The first-order valence-electron chi connectivity index (χ1n) is 7.46. The minimum absolute atomic E-state index is 0.0896. The topological polar surface area (TPSA) is 66.5 Å². The van der Waals surface area contributed by atoms with E-state index >= 15 is 0 Å². The van der Waals surface area contributed by atoms with Gasteiger partial charge in [0, 0.05) is 25.2 Å². The molecule has 0 spiro atoms. The Hall–Kier alpha value is -1.66. The van der Waals surface area contributed by atoms with Gasteiger partial charge in [0.05, 0.1) is 4.90 Å². The molecule has 1 rings (SSSR count). The zero-order valence-electron chi connectivity index (χ0n) is 13.2. The van der Waals surface area contributed by atoms with Crippen LogP contribution in [0.4, 0.5) is 0 Å². The van der Waals surface area contributed by atoms with Crippen LogP contribution in [0, 0.1) is 0 Å². The number of unbranched alkanes of at least 4 members (excludes halogenated alkanes) is 1. The van der Waals surface area contributed by atoms with E-state index in [9.17, 15) is 13.2 Å². The first-order chi connectivity index (χ1) is 10.5. The molecule has 0 atom stereocenters. The van der Waals surface area contributed by atoms with E-state index in [1.54, 1.807) is 17.0 Å². The maximum atomic E-state index is 12.5. The predicted molar refractivity (Wildman–Crippen MR) is 88.3 cm³/mol. The Morgan fingerprint density at radius 2 is 2.09 bits per heavy atom. The van der Waals surface area contributed by atoms with Crippen molar-refractivity contribution < 1.29 is 13.2 Å². The van der Waals surface area contributed by atoms with Crippen molar-refractivity contribution in [3.63, 3.8) is 0 Å². The lowest BCUT2D eigenvalue weighted by Crippen LogP contribution is -2.32. The fraction of sp³-hybridized carbons (Fsp3) is 0.438. The zero-order valence-corrected chi connectivity index (χ0v) is 14.0. The summed E-state index contributed by atoms with van der Waals surface area (Å²) in [7, 11) is -3.62. The molecular weight excluding hydrogens is 300 g/mol. The summed E-state index contributed by atoms with van der Waals surface area (Å²) in [6.45, 7) is 8.89. The van der Waals surface area contributed by atoms with Crippen molar-refractivity contribution in [1.82, 2.24) is 9.62 Å². The first kappa shape index (κ1) is 18.4. The number of hydrogen-bond donors (Lipinski definition) is 1. The molecule has 1 aromatic rings. The van der Waals surface area contributed by atoms with Gasteiger partial charge in [-0.25, -0.2) is 13.1 Å². The summed E-state index contributed by atoms with van der Waals surface area (Å²) < 4.78 is 26.6. The van der Waals surface area contributed by atoms with E-state index in [2.05, 4.69) is 18.2 Å². The first-order valence-corrected chi connectivity index (χ1v) is 8.94. The number of benzene rings is 1. The van der Waals surface area contributed by atoms with Gasteiger partial charge in [-0.15, -0.1) is 6.58 Å². The highest BCUT2D eigenvalue weighted by Crippen LogP contribution is 2.14. The van der Waals surface area contributed by atoms with Gasteiger partial charge in [-0.2, -0.15) is 0 Å². The fourth-order valence-electron chi connectivity index (χ4n) is 1.98. The number of hydrogen-bond acceptors (Lipinski definition) is 3. The van der Waals surface area contributed by atoms with E-state index in [-0.39, 0.29) is 17.3 Å². The average molecular weight is 324 g/mol. The van der Waals surface area contributed by atoms with Crippen molar-refractivity contribution in [3.05, 3.63) is 42.5 Å². The molecule has 0 heterocycles. The number of nitrogens with zero attached hydrogens (tertiary/aromatic N) is 1. The molecule has 0 bridgehead atoms. The van der Waals surface area contributed by atoms with Gasteiger partial charge in [-0.1, -0.05) is 25.5 Å². The number of carbonyl (C=O) groups is 1. The molecule has 22 heavy (non-hydrogen) atoms. The van der Waals surface area contributed by atoms with E-state index in [1.807, 2.05) is 6.92 Å². The molecule has 122 valence electrons. The van der Waals surface area contributed by atoms with Crippen molar-refractivity contribution in [1.29, 1.82) is 0 Å².